The van der Waals surface area contributed by atoms with E-state index in [9.17, 15) is 0 Å². The number of rotatable bonds is 4. The zero-order valence-electron chi connectivity index (χ0n) is 27.5. The third kappa shape index (κ3) is 6.83. The van der Waals surface area contributed by atoms with Gasteiger partial charge < -0.3 is 24.8 Å². The Morgan fingerprint density at radius 1 is 0.786 bits per heavy atom. The molecule has 0 N–H and O–H groups in total. The maximum Gasteiger partial charge on any atom is -1.00 e. The first-order chi connectivity index (χ1) is 18.6. The van der Waals surface area contributed by atoms with Crippen molar-refractivity contribution in [3.63, 3.8) is 0 Å². The molecule has 4 heteroatoms. The van der Waals surface area contributed by atoms with E-state index in [2.05, 4.69) is 145 Å². The van der Waals surface area contributed by atoms with Crippen LogP contribution in [0.25, 0.3) is 11.1 Å². The molecule has 3 aromatic carbocycles. The van der Waals surface area contributed by atoms with Crippen molar-refractivity contribution >= 4 is 15.1 Å². The molecule has 0 aliphatic heterocycles. The van der Waals surface area contributed by atoms with Gasteiger partial charge in [0.1, 0.15) is 0 Å². The van der Waals surface area contributed by atoms with Crippen LogP contribution in [0.15, 0.2) is 80.8 Å². The third-order valence-corrected chi connectivity index (χ3v) is 18.6. The van der Waals surface area contributed by atoms with E-state index < -0.39 is 29.3 Å². The van der Waals surface area contributed by atoms with Crippen LogP contribution in [-0.2, 0) is 38.5 Å². The van der Waals surface area contributed by atoms with E-state index in [1.807, 2.05) is 0 Å². The minimum Gasteiger partial charge on any atom is -1.00 e. The van der Waals surface area contributed by atoms with Gasteiger partial charge in [-0.05, 0) is 0 Å². The average molecular weight is 695 g/mol. The molecule has 0 heterocycles. The first-order valence-corrected chi connectivity index (χ1v) is 22.5. The van der Waals surface area contributed by atoms with Crippen molar-refractivity contribution in [3.05, 3.63) is 109 Å². The third-order valence-electron chi connectivity index (χ3n) is 8.93. The Labute approximate surface area is 277 Å². The zero-order valence-corrected chi connectivity index (χ0v) is 32.4. The van der Waals surface area contributed by atoms with Crippen molar-refractivity contribution in [2.45, 2.75) is 92.3 Å². The van der Waals surface area contributed by atoms with Gasteiger partial charge in [0.15, 0.2) is 0 Å². The summed E-state index contributed by atoms with van der Waals surface area (Å²) >= 11 is -2.50. The molecule has 42 heavy (non-hydrogen) atoms. The van der Waals surface area contributed by atoms with Gasteiger partial charge in [-0.2, -0.15) is 0 Å². The SMILES string of the molecule is CC1=[C](/[Zr+2](=[CH]/c2ccccc2)[c]2cc(C(C)(C)C)cc3c2Cc2ccc(C(C)(C)C)cc2-3)C(C)C=C1[Si](C)(C)C.[Cl-].[Cl-]. The minimum atomic E-state index is -2.50. The largest absolute Gasteiger partial charge is 1.00 e. The van der Waals surface area contributed by atoms with Crippen LogP contribution < -0.4 is 28.1 Å². The van der Waals surface area contributed by atoms with Crippen LogP contribution in [0.4, 0.5) is 0 Å². The first-order valence-electron chi connectivity index (χ1n) is 15.1. The van der Waals surface area contributed by atoms with E-state index in [1.165, 1.54) is 33.4 Å². The Morgan fingerprint density at radius 3 is 1.93 bits per heavy atom. The van der Waals surface area contributed by atoms with E-state index in [0.717, 1.165) is 6.42 Å². The summed E-state index contributed by atoms with van der Waals surface area (Å²) in [6.45, 7) is 26.7. The molecule has 0 spiro atoms. The molecule has 1 atom stereocenters. The summed E-state index contributed by atoms with van der Waals surface area (Å²) < 4.78 is 6.25. The van der Waals surface area contributed by atoms with Gasteiger partial charge in [-0.15, -0.1) is 0 Å². The van der Waals surface area contributed by atoms with Crippen LogP contribution in [0.5, 0.6) is 0 Å². The number of halogens is 2. The Balaban J connectivity index is 0.00000242. The molecule has 0 radical (unpaired) electrons. The molecular weight excluding hydrogens is 647 g/mol. The fraction of sp³-hybridized carbons (Fsp3) is 0.395. The van der Waals surface area contributed by atoms with Crippen molar-refractivity contribution in [1.82, 2.24) is 0 Å². The molecule has 2 aliphatic rings. The Bertz CT molecular complexity index is 1570. The standard InChI is InChI=1S/C21H25.C10H17Si.C7H6.2ClH.Zr/c1-20(2,3)16-9-7-14-11-15-8-10-17(21(4,5)6)13-19(15)18(14)12-16;1-8-6-9(2)10(7-8)11(3,4)5;1-7-5-3-2-4-6-7;;;/h7,9-10,12-13H,11H2,1-6H3;7-8H,1-5H3;1-6H;2*1H;/q;;;;;+2/p-2. The fourth-order valence-electron chi connectivity index (χ4n) is 6.64. The van der Waals surface area contributed by atoms with E-state index in [4.69, 9.17) is 0 Å². The molecule has 1 unspecified atom stereocenters. The van der Waals surface area contributed by atoms with Crippen LogP contribution in [0.1, 0.15) is 83.2 Å². The van der Waals surface area contributed by atoms with Gasteiger partial charge in [0.05, 0.1) is 0 Å². The molecule has 0 aromatic heterocycles. The molecule has 0 fully saturated rings. The van der Waals surface area contributed by atoms with Gasteiger partial charge in [-0.1, -0.05) is 0 Å². The second kappa shape index (κ2) is 12.6. The van der Waals surface area contributed by atoms with Crippen LogP contribution >= 0.6 is 0 Å². The molecule has 0 nitrogen and oxygen atoms in total. The fourth-order valence-corrected chi connectivity index (χ4v) is 16.6. The van der Waals surface area contributed by atoms with E-state index in [0.29, 0.717) is 5.92 Å². The number of allylic oxidation sites excluding steroid dienone is 4. The molecule has 2 aliphatic carbocycles. The topological polar surface area (TPSA) is 0 Å². The Kier molecular flexibility index (Phi) is 10.5. The van der Waals surface area contributed by atoms with Crippen molar-refractivity contribution < 1.29 is 46.1 Å². The van der Waals surface area contributed by atoms with Crippen molar-refractivity contribution in [2.24, 2.45) is 5.92 Å². The van der Waals surface area contributed by atoms with Crippen LogP contribution in [0.2, 0.25) is 19.6 Å². The summed E-state index contributed by atoms with van der Waals surface area (Å²) in [5, 5.41) is 1.69. The van der Waals surface area contributed by atoms with Gasteiger partial charge >= 0.3 is 254 Å². The average Bonchev–Trinajstić information content (AvgIpc) is 3.38. The first kappa shape index (κ1) is 35.2. The maximum atomic E-state index is 2.75. The van der Waals surface area contributed by atoms with Crippen molar-refractivity contribution in [3.8, 4) is 11.1 Å². The van der Waals surface area contributed by atoms with E-state index in [-0.39, 0.29) is 35.6 Å². The zero-order chi connectivity index (χ0) is 29.2. The second-order valence-corrected chi connectivity index (χ2v) is 25.7. The summed E-state index contributed by atoms with van der Waals surface area (Å²) in [7, 11) is -1.43. The Hall–Kier alpha value is -1.31. The van der Waals surface area contributed by atoms with Crippen LogP contribution in [0.3, 0.4) is 0 Å². The van der Waals surface area contributed by atoms with Crippen LogP contribution in [-0.4, -0.2) is 11.8 Å². The number of benzene rings is 3. The smallest absolute Gasteiger partial charge is 1.00 e. The summed E-state index contributed by atoms with van der Waals surface area (Å²) in [6.07, 6.45) is 3.71. The normalized spacial score (nSPS) is 16.5. The quantitative estimate of drug-likeness (QED) is 0.286. The van der Waals surface area contributed by atoms with Crippen molar-refractivity contribution in [2.75, 3.05) is 0 Å². The van der Waals surface area contributed by atoms with Gasteiger partial charge in [-0.25, -0.2) is 0 Å². The number of fused-ring (bicyclic) bond motifs is 3. The van der Waals surface area contributed by atoms with Gasteiger partial charge in [0, 0.05) is 0 Å². The van der Waals surface area contributed by atoms with E-state index in [1.54, 1.807) is 22.9 Å². The van der Waals surface area contributed by atoms with Crippen LogP contribution in [0, 0.1) is 5.92 Å². The summed E-state index contributed by atoms with van der Waals surface area (Å²) in [5.41, 5.74) is 12.3. The molecule has 3 aromatic rings. The van der Waals surface area contributed by atoms with Crippen molar-refractivity contribution in [1.29, 1.82) is 0 Å². The molecule has 0 saturated heterocycles. The molecule has 0 saturated carbocycles. The van der Waals surface area contributed by atoms with Gasteiger partial charge in [-0.3, -0.25) is 0 Å². The number of hydrogen-bond acceptors (Lipinski definition) is 0. The molecule has 5 rings (SSSR count). The minimum absolute atomic E-state index is 0. The molecule has 0 bridgehead atoms. The Morgan fingerprint density at radius 2 is 1.38 bits per heavy atom. The predicted octanol–water partition coefficient (Wildman–Crippen LogP) is 3.68. The summed E-state index contributed by atoms with van der Waals surface area (Å²) in [5.74, 6) is 0.529. The maximum absolute atomic E-state index is 2.75. The molecule has 0 amide bonds. The summed E-state index contributed by atoms with van der Waals surface area (Å²) in [4.78, 5) is 0. The molecule has 222 valence electrons. The van der Waals surface area contributed by atoms with Gasteiger partial charge in [0.2, 0.25) is 0 Å². The summed E-state index contributed by atoms with van der Waals surface area (Å²) in [6, 6.07) is 23.7. The second-order valence-electron chi connectivity index (χ2n) is 15.2. The monoisotopic (exact) mass is 692 g/mol. The van der Waals surface area contributed by atoms with E-state index >= 15 is 0 Å². The molecular formula is C38H48Cl2SiZr. The predicted molar refractivity (Wildman–Crippen MR) is 177 cm³/mol. The van der Waals surface area contributed by atoms with Gasteiger partial charge in [0.25, 0.3) is 0 Å². The number of hydrogen-bond donors (Lipinski definition) is 0.